The average molecular weight is 394 g/mol. The molecular formula is C22H18O7. The van der Waals surface area contributed by atoms with Crippen molar-refractivity contribution >= 4 is 23.9 Å². The lowest BCUT2D eigenvalue weighted by atomic mass is 9.91. The summed E-state index contributed by atoms with van der Waals surface area (Å²) in [5.74, 6) is -8.09. The summed E-state index contributed by atoms with van der Waals surface area (Å²) in [6.45, 7) is 6.90. The Hall–Kier alpha value is -4.00. The molecule has 0 aliphatic rings. The van der Waals surface area contributed by atoms with Crippen molar-refractivity contribution in [3.05, 3.63) is 96.1 Å². The first kappa shape index (κ1) is 21.3. The Morgan fingerprint density at radius 1 is 0.655 bits per heavy atom. The second kappa shape index (κ2) is 9.27. The van der Waals surface area contributed by atoms with Gasteiger partial charge in [0.25, 0.3) is 0 Å². The Labute approximate surface area is 166 Å². The van der Waals surface area contributed by atoms with Crippen LogP contribution in [0.15, 0.2) is 85.0 Å². The third kappa shape index (κ3) is 5.04. The van der Waals surface area contributed by atoms with E-state index in [0.717, 1.165) is 0 Å². The van der Waals surface area contributed by atoms with Crippen molar-refractivity contribution in [1.29, 1.82) is 0 Å². The molecule has 0 aromatic heterocycles. The minimum Gasteiger partial charge on any atom is -0.481 e. The van der Waals surface area contributed by atoms with Crippen LogP contribution in [0.3, 0.4) is 0 Å². The molecule has 2 aromatic rings. The molecule has 148 valence electrons. The number of ether oxygens (including phenoxy) is 1. The van der Waals surface area contributed by atoms with Crippen molar-refractivity contribution in [3.63, 3.8) is 0 Å². The highest BCUT2D eigenvalue weighted by Gasteiger charge is 2.33. The molecule has 0 radical (unpaired) electrons. The van der Waals surface area contributed by atoms with E-state index >= 15 is 0 Å². The number of hydrogen-bond donors (Lipinski definition) is 2. The molecule has 7 heteroatoms. The summed E-state index contributed by atoms with van der Waals surface area (Å²) < 4.78 is 4.68. The second-order valence-corrected chi connectivity index (χ2v) is 6.09. The van der Waals surface area contributed by atoms with Crippen molar-refractivity contribution < 1.29 is 34.1 Å². The van der Waals surface area contributed by atoms with Gasteiger partial charge in [-0.05, 0) is 11.1 Å². The zero-order valence-electron chi connectivity index (χ0n) is 15.3. The van der Waals surface area contributed by atoms with Gasteiger partial charge in [-0.3, -0.25) is 9.59 Å². The first-order valence-corrected chi connectivity index (χ1v) is 8.43. The monoisotopic (exact) mass is 394 g/mol. The minimum absolute atomic E-state index is 0.279. The summed E-state index contributed by atoms with van der Waals surface area (Å²) in [6.07, 6.45) is 0. The van der Waals surface area contributed by atoms with Gasteiger partial charge in [-0.15, -0.1) is 0 Å². The van der Waals surface area contributed by atoms with Crippen LogP contribution >= 0.6 is 0 Å². The van der Waals surface area contributed by atoms with Crippen LogP contribution in [-0.2, 0) is 23.9 Å². The first-order chi connectivity index (χ1) is 13.7. The number of carboxylic acids is 2. The third-order valence-electron chi connectivity index (χ3n) is 4.17. The van der Waals surface area contributed by atoms with Crippen molar-refractivity contribution in [3.8, 4) is 0 Å². The van der Waals surface area contributed by atoms with E-state index < -0.39 is 46.9 Å². The quantitative estimate of drug-likeness (QED) is 0.401. The number of carbonyl (C=O) groups excluding carboxylic acids is 2. The maximum atomic E-state index is 12.3. The van der Waals surface area contributed by atoms with E-state index in [0.29, 0.717) is 0 Å². The SMILES string of the molecule is C=C(C(=O)OC(=O)C(=C)C(C(=O)O)c1ccccc1)C(C(=O)O)c1ccccc1. The molecule has 7 nitrogen and oxygen atoms in total. The fraction of sp³-hybridized carbons (Fsp3) is 0.0909. The third-order valence-corrected chi connectivity index (χ3v) is 4.17. The summed E-state index contributed by atoms with van der Waals surface area (Å²) in [6, 6.07) is 15.7. The molecular weight excluding hydrogens is 376 g/mol. The van der Waals surface area contributed by atoms with E-state index in [9.17, 15) is 29.4 Å². The van der Waals surface area contributed by atoms with Crippen LogP contribution in [0.5, 0.6) is 0 Å². The number of carbonyl (C=O) groups is 4. The molecule has 0 amide bonds. The lowest BCUT2D eigenvalue weighted by molar-refractivity contribution is -0.156. The molecule has 0 saturated heterocycles. The largest absolute Gasteiger partial charge is 0.481 e. The molecule has 2 atom stereocenters. The zero-order chi connectivity index (χ0) is 21.6. The summed E-state index contributed by atoms with van der Waals surface area (Å²) in [5, 5.41) is 18.9. The molecule has 29 heavy (non-hydrogen) atoms. The Morgan fingerprint density at radius 2 is 0.966 bits per heavy atom. The summed E-state index contributed by atoms with van der Waals surface area (Å²) in [4.78, 5) is 47.8. The van der Waals surface area contributed by atoms with Gasteiger partial charge >= 0.3 is 23.9 Å². The lowest BCUT2D eigenvalue weighted by Crippen LogP contribution is -2.26. The molecule has 0 saturated carbocycles. The molecule has 0 bridgehead atoms. The molecule has 2 aromatic carbocycles. The molecule has 0 aliphatic carbocycles. The van der Waals surface area contributed by atoms with E-state index in [4.69, 9.17) is 0 Å². The van der Waals surface area contributed by atoms with Crippen molar-refractivity contribution in [2.75, 3.05) is 0 Å². The number of hydrogen-bond acceptors (Lipinski definition) is 5. The molecule has 2 rings (SSSR count). The maximum Gasteiger partial charge on any atom is 0.342 e. The highest BCUT2D eigenvalue weighted by Crippen LogP contribution is 2.27. The number of carboxylic acid groups (broad SMARTS) is 2. The van der Waals surface area contributed by atoms with Crippen LogP contribution in [0.2, 0.25) is 0 Å². The fourth-order valence-electron chi connectivity index (χ4n) is 2.73. The lowest BCUT2D eigenvalue weighted by Gasteiger charge is -2.17. The zero-order valence-corrected chi connectivity index (χ0v) is 15.3. The van der Waals surface area contributed by atoms with Crippen LogP contribution in [-0.4, -0.2) is 34.1 Å². The van der Waals surface area contributed by atoms with Gasteiger partial charge < -0.3 is 14.9 Å². The van der Waals surface area contributed by atoms with Crippen LogP contribution in [0.25, 0.3) is 0 Å². The average Bonchev–Trinajstić information content (AvgIpc) is 2.69. The smallest absolute Gasteiger partial charge is 0.342 e. The van der Waals surface area contributed by atoms with Crippen LogP contribution in [0, 0.1) is 0 Å². The Balaban J connectivity index is 2.19. The second-order valence-electron chi connectivity index (χ2n) is 6.09. The standard InChI is InChI=1S/C22H18O7/c1-13(17(19(23)24)15-9-5-3-6-10-15)21(27)29-22(28)14(2)18(20(25)26)16-11-7-4-8-12-16/h3-12,17-18H,1-2H2,(H,23,24)(H,25,26). The first-order valence-electron chi connectivity index (χ1n) is 8.43. The molecule has 0 aliphatic heterocycles. The van der Waals surface area contributed by atoms with Gasteiger partial charge in [0.1, 0.15) is 11.8 Å². The predicted octanol–water partition coefficient (Wildman–Crippen LogP) is 2.91. The highest BCUT2D eigenvalue weighted by molar-refractivity contribution is 6.07. The van der Waals surface area contributed by atoms with Gasteiger partial charge in [-0.1, -0.05) is 73.8 Å². The van der Waals surface area contributed by atoms with Gasteiger partial charge in [0.15, 0.2) is 0 Å². The topological polar surface area (TPSA) is 118 Å². The number of aliphatic carboxylic acids is 2. The summed E-state index contributed by atoms with van der Waals surface area (Å²) >= 11 is 0. The van der Waals surface area contributed by atoms with Crippen LogP contribution < -0.4 is 0 Å². The fourth-order valence-corrected chi connectivity index (χ4v) is 2.73. The Kier molecular flexibility index (Phi) is 6.81. The Bertz CT molecular complexity index is 882. The molecule has 2 unspecified atom stereocenters. The highest BCUT2D eigenvalue weighted by atomic mass is 16.6. The summed E-state index contributed by atoms with van der Waals surface area (Å²) in [5.41, 5.74) is -0.394. The number of benzene rings is 2. The van der Waals surface area contributed by atoms with Gasteiger partial charge in [-0.25, -0.2) is 9.59 Å². The van der Waals surface area contributed by atoms with E-state index in [2.05, 4.69) is 17.9 Å². The maximum absolute atomic E-state index is 12.3. The van der Waals surface area contributed by atoms with E-state index in [1.165, 1.54) is 24.3 Å². The minimum atomic E-state index is -1.42. The van der Waals surface area contributed by atoms with E-state index in [1.807, 2.05) is 0 Å². The van der Waals surface area contributed by atoms with Gasteiger partial charge in [0.05, 0.1) is 0 Å². The number of rotatable bonds is 8. The van der Waals surface area contributed by atoms with Crippen LogP contribution in [0.1, 0.15) is 23.0 Å². The molecule has 2 N–H and O–H groups in total. The normalized spacial score (nSPS) is 12.3. The van der Waals surface area contributed by atoms with Crippen molar-refractivity contribution in [2.45, 2.75) is 11.8 Å². The summed E-state index contributed by atoms with van der Waals surface area (Å²) in [7, 11) is 0. The van der Waals surface area contributed by atoms with E-state index in [-0.39, 0.29) is 11.1 Å². The van der Waals surface area contributed by atoms with Crippen molar-refractivity contribution in [1.82, 2.24) is 0 Å². The van der Waals surface area contributed by atoms with Gasteiger partial charge in [-0.2, -0.15) is 0 Å². The predicted molar refractivity (Wildman–Crippen MR) is 103 cm³/mol. The molecule has 0 heterocycles. The van der Waals surface area contributed by atoms with Gasteiger partial charge in [0.2, 0.25) is 0 Å². The molecule has 0 fully saturated rings. The van der Waals surface area contributed by atoms with Gasteiger partial charge in [0, 0.05) is 11.1 Å². The van der Waals surface area contributed by atoms with E-state index in [1.54, 1.807) is 36.4 Å². The van der Waals surface area contributed by atoms with Crippen LogP contribution in [0.4, 0.5) is 0 Å². The van der Waals surface area contributed by atoms with Crippen molar-refractivity contribution in [2.24, 2.45) is 0 Å². The molecule has 0 spiro atoms. The Morgan fingerprint density at radius 3 is 1.24 bits per heavy atom. The number of esters is 2.